The average molecular weight is 536 g/mol. The maximum absolute atomic E-state index is 13.4. The molecule has 1 atom stereocenters. The number of hydrogen-bond acceptors (Lipinski definition) is 8. The van der Waals surface area contributed by atoms with Gasteiger partial charge in [-0.3, -0.25) is 19.1 Å². The Bertz CT molecular complexity index is 1350. The molecule has 3 fully saturated rings. The fraction of sp³-hybridized carbons (Fsp3) is 0.407. The molecule has 1 aromatic carbocycles. The third-order valence-corrected chi connectivity index (χ3v) is 8.61. The maximum atomic E-state index is 13.4. The third-order valence-electron chi connectivity index (χ3n) is 7.23. The molecule has 4 heterocycles. The topological polar surface area (TPSA) is 81.8 Å². The van der Waals surface area contributed by atoms with Gasteiger partial charge in [0, 0.05) is 51.1 Å². The number of amides is 1. The Kier molecular flexibility index (Phi) is 7.38. The van der Waals surface area contributed by atoms with E-state index in [9.17, 15) is 14.9 Å². The zero-order chi connectivity index (χ0) is 26.1. The summed E-state index contributed by atoms with van der Waals surface area (Å²) < 4.78 is 7.77. The Morgan fingerprint density at radius 3 is 2.51 bits per heavy atom. The fourth-order valence-electron chi connectivity index (χ4n) is 5.19. The van der Waals surface area contributed by atoms with Crippen LogP contribution in [0.5, 0.6) is 0 Å². The summed E-state index contributed by atoms with van der Waals surface area (Å²) in [4.78, 5) is 33.0. The largest absolute Gasteiger partial charge is 0.376 e. The van der Waals surface area contributed by atoms with Gasteiger partial charge in [0.1, 0.15) is 21.8 Å². The van der Waals surface area contributed by atoms with Gasteiger partial charge in [-0.05, 0) is 43.5 Å². The predicted octanol–water partition coefficient (Wildman–Crippen LogP) is 3.27. The van der Waals surface area contributed by atoms with Crippen molar-refractivity contribution in [1.29, 1.82) is 5.26 Å². The lowest BCUT2D eigenvalue weighted by atomic mass is 10.0. The molecule has 1 unspecified atom stereocenters. The molecule has 0 bridgehead atoms. The van der Waals surface area contributed by atoms with Crippen LogP contribution in [0.3, 0.4) is 0 Å². The summed E-state index contributed by atoms with van der Waals surface area (Å²) in [6.07, 6.45) is 3.72. The molecule has 5 rings (SSSR count). The summed E-state index contributed by atoms with van der Waals surface area (Å²) in [5, 5.41) is 9.75. The third kappa shape index (κ3) is 4.91. The molecule has 3 aliphatic heterocycles. The fourth-order valence-corrected chi connectivity index (χ4v) is 6.45. The molecule has 1 amide bonds. The van der Waals surface area contributed by atoms with E-state index in [0.29, 0.717) is 46.6 Å². The Morgan fingerprint density at radius 1 is 1.16 bits per heavy atom. The van der Waals surface area contributed by atoms with Crippen molar-refractivity contribution in [1.82, 2.24) is 9.47 Å². The van der Waals surface area contributed by atoms with Crippen LogP contribution in [0, 0.1) is 18.3 Å². The van der Waals surface area contributed by atoms with Crippen LogP contribution in [-0.4, -0.2) is 65.1 Å². The van der Waals surface area contributed by atoms with Gasteiger partial charge >= 0.3 is 0 Å². The quantitative estimate of drug-likeness (QED) is 0.426. The van der Waals surface area contributed by atoms with Gasteiger partial charge in [0.25, 0.3) is 11.5 Å². The lowest BCUT2D eigenvalue weighted by molar-refractivity contribution is -0.123. The number of ether oxygens (including phenoxy) is 1. The number of nitriles is 1. The van der Waals surface area contributed by atoms with E-state index in [-0.39, 0.29) is 23.1 Å². The highest BCUT2D eigenvalue weighted by molar-refractivity contribution is 8.26. The molecule has 3 aliphatic rings. The maximum Gasteiger partial charge on any atom is 0.270 e. The molecule has 0 spiro atoms. The number of carbonyl (C=O) groups is 1. The van der Waals surface area contributed by atoms with Crippen LogP contribution in [-0.2, 0) is 16.6 Å². The lowest BCUT2D eigenvalue weighted by Gasteiger charge is -2.38. The van der Waals surface area contributed by atoms with Crippen molar-refractivity contribution in [2.75, 3.05) is 49.1 Å². The van der Waals surface area contributed by atoms with Crippen LogP contribution < -0.4 is 15.4 Å². The first-order valence-electron chi connectivity index (χ1n) is 12.4. The normalized spacial score (nSPS) is 21.3. The number of aromatic nitrogens is 1. The van der Waals surface area contributed by atoms with Gasteiger partial charge in [-0.25, -0.2) is 0 Å². The summed E-state index contributed by atoms with van der Waals surface area (Å²) >= 11 is 6.80. The first-order chi connectivity index (χ1) is 17.9. The SMILES string of the molecule is Cc1c(C=C2SC(=S)N(CC3CCCO3)C2=O)c(N2CCN(c3ccccc3)CC2)n(C)c(=O)c1C#N. The van der Waals surface area contributed by atoms with E-state index < -0.39 is 0 Å². The molecule has 0 saturated carbocycles. The smallest absolute Gasteiger partial charge is 0.270 e. The molecule has 0 N–H and O–H groups in total. The zero-order valence-corrected chi connectivity index (χ0v) is 22.6. The van der Waals surface area contributed by atoms with Gasteiger partial charge in [-0.1, -0.05) is 42.2 Å². The van der Waals surface area contributed by atoms with Crippen molar-refractivity contribution >= 4 is 51.8 Å². The Labute approximate surface area is 226 Å². The van der Waals surface area contributed by atoms with Crippen molar-refractivity contribution in [3.8, 4) is 6.07 Å². The molecule has 0 radical (unpaired) electrons. The number of para-hydroxylation sites is 1. The highest BCUT2D eigenvalue weighted by Gasteiger charge is 2.35. The van der Waals surface area contributed by atoms with Crippen LogP contribution in [0.25, 0.3) is 6.08 Å². The van der Waals surface area contributed by atoms with Crippen LogP contribution in [0.2, 0.25) is 0 Å². The summed E-state index contributed by atoms with van der Waals surface area (Å²) in [6.45, 7) is 5.93. The molecule has 8 nitrogen and oxygen atoms in total. The van der Waals surface area contributed by atoms with Gasteiger partial charge in [-0.2, -0.15) is 5.26 Å². The second-order valence-electron chi connectivity index (χ2n) is 9.45. The molecule has 2 aromatic rings. The summed E-state index contributed by atoms with van der Waals surface area (Å²) in [5.41, 5.74) is 2.22. The number of hydrogen-bond donors (Lipinski definition) is 0. The second-order valence-corrected chi connectivity index (χ2v) is 11.1. The van der Waals surface area contributed by atoms with Crippen LogP contribution in [0.4, 0.5) is 11.5 Å². The molecule has 3 saturated heterocycles. The number of piperazine rings is 1. The first-order valence-corrected chi connectivity index (χ1v) is 13.7. The minimum atomic E-state index is -0.330. The zero-order valence-electron chi connectivity index (χ0n) is 21.0. The number of thioether (sulfide) groups is 1. The molecule has 0 aliphatic carbocycles. The van der Waals surface area contributed by atoms with Crippen LogP contribution in [0.1, 0.15) is 29.5 Å². The van der Waals surface area contributed by atoms with Crippen molar-refractivity contribution < 1.29 is 9.53 Å². The minimum absolute atomic E-state index is 0.00259. The van der Waals surface area contributed by atoms with Gasteiger partial charge in [-0.15, -0.1) is 0 Å². The van der Waals surface area contributed by atoms with Gasteiger partial charge in [0.2, 0.25) is 0 Å². The number of carbonyl (C=O) groups excluding carboxylic acids is 1. The van der Waals surface area contributed by atoms with E-state index in [1.165, 1.54) is 17.4 Å². The van der Waals surface area contributed by atoms with Gasteiger partial charge in [0.15, 0.2) is 0 Å². The Morgan fingerprint density at radius 2 is 1.86 bits per heavy atom. The Hall–Kier alpha value is -3.13. The van der Waals surface area contributed by atoms with E-state index in [0.717, 1.165) is 31.7 Å². The Balaban J connectivity index is 1.48. The molecule has 10 heteroatoms. The standard InChI is InChI=1S/C27H29N5O3S2/c1-18-21(15-23-26(34)32(27(36)37-23)17-20-9-6-14-35-20)24(29(2)25(33)22(18)16-28)31-12-10-30(11-13-31)19-7-4-3-5-8-19/h3-5,7-8,15,20H,6,9-14,17H2,1-2H3. The highest BCUT2D eigenvalue weighted by Crippen LogP contribution is 2.36. The number of pyridine rings is 1. The van der Waals surface area contributed by atoms with E-state index in [2.05, 4.69) is 28.0 Å². The summed E-state index contributed by atoms with van der Waals surface area (Å²) in [7, 11) is 1.70. The highest BCUT2D eigenvalue weighted by atomic mass is 32.2. The molecule has 1 aromatic heterocycles. The first kappa shape index (κ1) is 25.5. The van der Waals surface area contributed by atoms with Crippen molar-refractivity contribution in [3.63, 3.8) is 0 Å². The van der Waals surface area contributed by atoms with Crippen molar-refractivity contribution in [2.45, 2.75) is 25.9 Å². The molecular weight excluding hydrogens is 506 g/mol. The van der Waals surface area contributed by atoms with E-state index >= 15 is 0 Å². The number of thiocarbonyl (C=S) groups is 1. The van der Waals surface area contributed by atoms with Crippen LogP contribution in [0.15, 0.2) is 40.0 Å². The summed E-state index contributed by atoms with van der Waals surface area (Å²) in [6, 6.07) is 12.3. The number of nitrogens with zero attached hydrogens (tertiary/aromatic N) is 5. The lowest BCUT2D eigenvalue weighted by Crippen LogP contribution is -2.48. The summed E-state index contributed by atoms with van der Waals surface area (Å²) in [5.74, 6) is 0.565. The number of anilines is 2. The average Bonchev–Trinajstić information content (AvgIpc) is 3.52. The van der Waals surface area contributed by atoms with Gasteiger partial charge < -0.3 is 14.5 Å². The van der Waals surface area contributed by atoms with Gasteiger partial charge in [0.05, 0.1) is 17.6 Å². The van der Waals surface area contributed by atoms with E-state index in [4.69, 9.17) is 17.0 Å². The number of benzene rings is 1. The number of rotatable bonds is 5. The van der Waals surface area contributed by atoms with Crippen LogP contribution >= 0.6 is 24.0 Å². The minimum Gasteiger partial charge on any atom is -0.376 e. The monoisotopic (exact) mass is 535 g/mol. The van der Waals surface area contributed by atoms with E-state index in [1.54, 1.807) is 23.4 Å². The molecular formula is C27H29N5O3S2. The second kappa shape index (κ2) is 10.7. The predicted molar refractivity (Wildman–Crippen MR) is 151 cm³/mol. The molecule has 37 heavy (non-hydrogen) atoms. The van der Waals surface area contributed by atoms with Crippen molar-refractivity contribution in [2.24, 2.45) is 7.05 Å². The molecule has 192 valence electrons. The van der Waals surface area contributed by atoms with E-state index in [1.807, 2.05) is 24.3 Å². The van der Waals surface area contributed by atoms with Crippen molar-refractivity contribution in [3.05, 3.63) is 62.3 Å².